The maximum absolute atomic E-state index is 12.6. The highest BCUT2D eigenvalue weighted by Gasteiger charge is 2.27. The normalized spacial score (nSPS) is 11.5. The monoisotopic (exact) mass is 419 g/mol. The molecular weight excluding hydrogens is 398 g/mol. The number of hydrogen-bond donors (Lipinski definition) is 0. The zero-order chi connectivity index (χ0) is 19.2. The van der Waals surface area contributed by atoms with Crippen LogP contribution in [0.1, 0.15) is 32.1 Å². The zero-order valence-electron chi connectivity index (χ0n) is 15.1. The van der Waals surface area contributed by atoms with Crippen LogP contribution in [0.5, 0.6) is 0 Å². The van der Waals surface area contributed by atoms with Crippen molar-refractivity contribution in [2.45, 2.75) is 32.9 Å². The number of rotatable bonds is 6. The number of amides is 1. The highest BCUT2D eigenvalue weighted by Crippen LogP contribution is 2.18. The Bertz CT molecular complexity index is 775. The molecule has 5 nitrogen and oxygen atoms in total. The molecule has 1 aromatic carbocycles. The summed E-state index contributed by atoms with van der Waals surface area (Å²) in [6.07, 6.45) is 2.72. The second kappa shape index (κ2) is 8.85. The van der Waals surface area contributed by atoms with Gasteiger partial charge in [0.05, 0.1) is 0 Å². The van der Waals surface area contributed by atoms with Crippen LogP contribution in [-0.2, 0) is 20.9 Å². The Labute approximate surface area is 161 Å². The van der Waals surface area contributed by atoms with Crippen molar-refractivity contribution < 1.29 is 18.7 Å². The van der Waals surface area contributed by atoms with Crippen LogP contribution in [0.3, 0.4) is 0 Å². The number of esters is 1. The summed E-state index contributed by atoms with van der Waals surface area (Å²) in [4.78, 5) is 26.1. The highest BCUT2D eigenvalue weighted by molar-refractivity contribution is 9.10. The minimum Gasteiger partial charge on any atom is -0.452 e. The second-order valence-electron chi connectivity index (χ2n) is 6.72. The van der Waals surface area contributed by atoms with E-state index in [0.29, 0.717) is 17.0 Å². The van der Waals surface area contributed by atoms with E-state index in [1.807, 2.05) is 51.1 Å². The van der Waals surface area contributed by atoms with Crippen LogP contribution in [0.2, 0.25) is 0 Å². The topological polar surface area (TPSA) is 59.8 Å². The number of carbonyl (C=O) groups is 2. The zero-order valence-corrected chi connectivity index (χ0v) is 16.7. The summed E-state index contributed by atoms with van der Waals surface area (Å²) < 4.78 is 10.9. The van der Waals surface area contributed by atoms with Crippen molar-refractivity contribution in [2.75, 3.05) is 6.61 Å². The number of furan rings is 1. The van der Waals surface area contributed by atoms with Gasteiger partial charge in [0.25, 0.3) is 5.91 Å². The molecule has 138 valence electrons. The van der Waals surface area contributed by atoms with E-state index in [-0.39, 0.29) is 12.5 Å². The van der Waals surface area contributed by atoms with E-state index in [9.17, 15) is 9.59 Å². The molecular formula is C20H22BrNO4. The summed E-state index contributed by atoms with van der Waals surface area (Å²) in [6.45, 7) is 5.99. The van der Waals surface area contributed by atoms with Crippen molar-refractivity contribution >= 4 is 33.9 Å². The Morgan fingerprint density at radius 2 is 1.85 bits per heavy atom. The first-order valence-electron chi connectivity index (χ1n) is 8.20. The van der Waals surface area contributed by atoms with Gasteiger partial charge >= 0.3 is 5.97 Å². The Morgan fingerprint density at radius 1 is 1.15 bits per heavy atom. The molecule has 2 rings (SSSR count). The van der Waals surface area contributed by atoms with Crippen molar-refractivity contribution in [2.24, 2.45) is 0 Å². The first-order chi connectivity index (χ1) is 12.3. The predicted octanol–water partition coefficient (Wildman–Crippen LogP) is 4.43. The highest BCUT2D eigenvalue weighted by atomic mass is 79.9. The van der Waals surface area contributed by atoms with Gasteiger partial charge in [-0.1, -0.05) is 30.3 Å². The van der Waals surface area contributed by atoms with E-state index in [0.717, 1.165) is 5.56 Å². The van der Waals surface area contributed by atoms with Gasteiger partial charge in [0.1, 0.15) is 5.76 Å². The van der Waals surface area contributed by atoms with Crippen LogP contribution in [0.25, 0.3) is 6.08 Å². The largest absolute Gasteiger partial charge is 0.452 e. The van der Waals surface area contributed by atoms with Gasteiger partial charge in [-0.15, -0.1) is 0 Å². The lowest BCUT2D eigenvalue weighted by molar-refractivity contribution is -0.151. The van der Waals surface area contributed by atoms with E-state index >= 15 is 0 Å². The van der Waals surface area contributed by atoms with Crippen molar-refractivity contribution in [3.8, 4) is 0 Å². The number of carbonyl (C=O) groups excluding carboxylic acids is 2. The van der Waals surface area contributed by atoms with Crippen molar-refractivity contribution in [3.63, 3.8) is 0 Å². The molecule has 26 heavy (non-hydrogen) atoms. The molecule has 6 heteroatoms. The second-order valence-corrected chi connectivity index (χ2v) is 7.50. The molecule has 0 saturated carbocycles. The standard InChI is InChI=1S/C20H22BrNO4/c1-20(2,3)22(13-15-7-5-4-6-8-15)18(23)14-25-19(24)12-10-16-9-11-17(21)26-16/h4-12H,13-14H2,1-3H3/b12-10+. The summed E-state index contributed by atoms with van der Waals surface area (Å²) in [5.74, 6) is -0.330. The van der Waals surface area contributed by atoms with Gasteiger partial charge in [-0.05, 0) is 60.5 Å². The third-order valence-electron chi connectivity index (χ3n) is 3.61. The lowest BCUT2D eigenvalue weighted by Gasteiger charge is -2.35. The Kier molecular flexibility index (Phi) is 6.80. The molecule has 0 aliphatic carbocycles. The van der Waals surface area contributed by atoms with Crippen LogP contribution >= 0.6 is 15.9 Å². The molecule has 0 N–H and O–H groups in total. The van der Waals surface area contributed by atoms with Gasteiger partial charge in [0.15, 0.2) is 11.3 Å². The molecule has 0 unspecified atom stereocenters. The summed E-state index contributed by atoms with van der Waals surface area (Å²) in [6, 6.07) is 13.1. The third-order valence-corrected chi connectivity index (χ3v) is 4.04. The molecule has 1 heterocycles. The van der Waals surface area contributed by atoms with Crippen molar-refractivity contribution in [1.82, 2.24) is 4.90 Å². The number of halogens is 1. The van der Waals surface area contributed by atoms with Crippen LogP contribution < -0.4 is 0 Å². The molecule has 0 radical (unpaired) electrons. The van der Waals surface area contributed by atoms with Crippen LogP contribution in [0.4, 0.5) is 0 Å². The fourth-order valence-electron chi connectivity index (χ4n) is 2.29. The molecule has 0 fully saturated rings. The molecule has 0 bridgehead atoms. The fraction of sp³-hybridized carbons (Fsp3) is 0.300. The molecule has 0 aliphatic heterocycles. The summed E-state index contributed by atoms with van der Waals surface area (Å²) in [7, 11) is 0. The minimum atomic E-state index is -0.598. The Balaban J connectivity index is 1.94. The first kappa shape index (κ1) is 20.0. The summed E-state index contributed by atoms with van der Waals surface area (Å²) in [5.41, 5.74) is 0.626. The Morgan fingerprint density at radius 3 is 2.42 bits per heavy atom. The maximum atomic E-state index is 12.6. The molecule has 0 aliphatic rings. The number of hydrogen-bond acceptors (Lipinski definition) is 4. The minimum absolute atomic E-state index is 0.246. The molecule has 1 amide bonds. The quantitative estimate of drug-likeness (QED) is 0.513. The first-order valence-corrected chi connectivity index (χ1v) is 8.99. The smallest absolute Gasteiger partial charge is 0.331 e. The average molecular weight is 420 g/mol. The lowest BCUT2D eigenvalue weighted by Crippen LogP contribution is -2.46. The van der Waals surface area contributed by atoms with Crippen molar-refractivity contribution in [1.29, 1.82) is 0 Å². The third kappa shape index (κ3) is 6.19. The molecule has 2 aromatic rings. The molecule has 1 aromatic heterocycles. The molecule has 0 spiro atoms. The summed E-state index contributed by atoms with van der Waals surface area (Å²) in [5, 5.41) is 0. The number of nitrogens with zero attached hydrogens (tertiary/aromatic N) is 1. The maximum Gasteiger partial charge on any atom is 0.331 e. The molecule has 0 saturated heterocycles. The van der Waals surface area contributed by atoms with Crippen LogP contribution in [0, 0.1) is 0 Å². The van der Waals surface area contributed by atoms with Gasteiger partial charge in [-0.3, -0.25) is 4.79 Å². The van der Waals surface area contributed by atoms with Gasteiger partial charge < -0.3 is 14.1 Å². The van der Waals surface area contributed by atoms with E-state index in [4.69, 9.17) is 9.15 Å². The van der Waals surface area contributed by atoms with Crippen LogP contribution in [0.15, 0.2) is 57.6 Å². The van der Waals surface area contributed by atoms with E-state index in [1.165, 1.54) is 12.2 Å². The van der Waals surface area contributed by atoms with Gasteiger partial charge in [0.2, 0.25) is 0 Å². The Hall–Kier alpha value is -2.34. The fourth-order valence-corrected chi connectivity index (χ4v) is 2.61. The van der Waals surface area contributed by atoms with Gasteiger partial charge in [0, 0.05) is 18.2 Å². The van der Waals surface area contributed by atoms with E-state index < -0.39 is 11.5 Å². The van der Waals surface area contributed by atoms with Gasteiger partial charge in [-0.2, -0.15) is 0 Å². The lowest BCUT2D eigenvalue weighted by atomic mass is 10.0. The average Bonchev–Trinajstić information content (AvgIpc) is 3.01. The summed E-state index contributed by atoms with van der Waals surface area (Å²) >= 11 is 3.18. The van der Waals surface area contributed by atoms with E-state index in [2.05, 4.69) is 15.9 Å². The number of ether oxygens (including phenoxy) is 1. The molecule has 0 atom stereocenters. The van der Waals surface area contributed by atoms with Crippen LogP contribution in [-0.4, -0.2) is 28.9 Å². The SMILES string of the molecule is CC(C)(C)N(Cc1ccccc1)C(=O)COC(=O)/C=C/c1ccc(Br)o1. The number of benzene rings is 1. The van der Waals surface area contributed by atoms with E-state index in [1.54, 1.807) is 17.0 Å². The van der Waals surface area contributed by atoms with Gasteiger partial charge in [-0.25, -0.2) is 4.79 Å². The predicted molar refractivity (Wildman–Crippen MR) is 103 cm³/mol. The van der Waals surface area contributed by atoms with Crippen molar-refractivity contribution in [3.05, 3.63) is 64.5 Å².